The minimum Gasteiger partial charge on any atom is -0.497 e. The summed E-state index contributed by atoms with van der Waals surface area (Å²) in [5.41, 5.74) is 3.95. The summed E-state index contributed by atoms with van der Waals surface area (Å²) in [6.07, 6.45) is 1.15. The number of methoxy groups -OCH3 is 1. The third-order valence-corrected chi connectivity index (χ3v) is 7.08. The van der Waals surface area contributed by atoms with Crippen molar-refractivity contribution in [3.05, 3.63) is 66.2 Å². The number of amides is 1. The van der Waals surface area contributed by atoms with Crippen LogP contribution >= 0.6 is 11.8 Å². The van der Waals surface area contributed by atoms with Crippen molar-refractivity contribution in [1.82, 2.24) is 9.88 Å². The Morgan fingerprint density at radius 1 is 1.09 bits per heavy atom. The van der Waals surface area contributed by atoms with Gasteiger partial charge in [-0.3, -0.25) is 4.79 Å². The van der Waals surface area contributed by atoms with Gasteiger partial charge in [-0.25, -0.2) is 4.98 Å². The molecule has 1 fully saturated rings. The van der Waals surface area contributed by atoms with Crippen LogP contribution in [0.4, 0.5) is 0 Å². The van der Waals surface area contributed by atoms with Crippen molar-refractivity contribution in [1.29, 1.82) is 5.26 Å². The number of carbonyl (C=O) groups is 1. The van der Waals surface area contributed by atoms with Crippen LogP contribution in [-0.4, -0.2) is 41.7 Å². The predicted molar refractivity (Wildman–Crippen MR) is 137 cm³/mol. The Labute approximate surface area is 205 Å². The van der Waals surface area contributed by atoms with Gasteiger partial charge in [0.05, 0.1) is 24.1 Å². The topological polar surface area (TPSA) is 66.2 Å². The van der Waals surface area contributed by atoms with Gasteiger partial charge in [0.15, 0.2) is 0 Å². The minimum atomic E-state index is 0.102. The van der Waals surface area contributed by atoms with Crippen LogP contribution in [0.2, 0.25) is 0 Å². The third kappa shape index (κ3) is 5.43. The van der Waals surface area contributed by atoms with Gasteiger partial charge in [-0.05, 0) is 54.2 Å². The summed E-state index contributed by atoms with van der Waals surface area (Å²) in [5, 5.41) is 10.6. The zero-order valence-electron chi connectivity index (χ0n) is 19.8. The van der Waals surface area contributed by atoms with Crippen LogP contribution in [-0.2, 0) is 4.79 Å². The minimum absolute atomic E-state index is 0.102. The molecule has 0 aliphatic carbocycles. The molecule has 34 heavy (non-hydrogen) atoms. The van der Waals surface area contributed by atoms with Crippen molar-refractivity contribution in [3.63, 3.8) is 0 Å². The highest BCUT2D eigenvalue weighted by Crippen LogP contribution is 2.35. The molecule has 0 bridgehead atoms. The molecule has 1 aromatic heterocycles. The molecular weight excluding hydrogens is 442 g/mol. The molecule has 6 heteroatoms. The molecule has 0 radical (unpaired) electrons. The molecule has 1 amide bonds. The van der Waals surface area contributed by atoms with E-state index in [1.54, 1.807) is 7.11 Å². The van der Waals surface area contributed by atoms with Gasteiger partial charge in [0.2, 0.25) is 5.91 Å². The van der Waals surface area contributed by atoms with Crippen molar-refractivity contribution < 1.29 is 9.53 Å². The second-order valence-corrected chi connectivity index (χ2v) is 9.94. The van der Waals surface area contributed by atoms with E-state index in [0.29, 0.717) is 22.4 Å². The fourth-order valence-corrected chi connectivity index (χ4v) is 5.48. The number of ether oxygens (including phenoxy) is 1. The van der Waals surface area contributed by atoms with E-state index in [1.165, 1.54) is 11.8 Å². The van der Waals surface area contributed by atoms with Gasteiger partial charge in [0, 0.05) is 24.2 Å². The molecule has 174 valence electrons. The predicted octanol–water partition coefficient (Wildman–Crippen LogP) is 5.89. The number of pyridine rings is 1. The maximum Gasteiger partial charge on any atom is 0.233 e. The normalized spacial score (nSPS) is 17.8. The van der Waals surface area contributed by atoms with E-state index >= 15 is 0 Å². The number of carbonyl (C=O) groups excluding carboxylic acids is 1. The first-order chi connectivity index (χ1) is 16.5. The summed E-state index contributed by atoms with van der Waals surface area (Å²) in [5.74, 6) is 2.15. The summed E-state index contributed by atoms with van der Waals surface area (Å²) in [6, 6.07) is 21.9. The van der Waals surface area contributed by atoms with E-state index in [-0.39, 0.29) is 11.7 Å². The van der Waals surface area contributed by atoms with Gasteiger partial charge < -0.3 is 9.64 Å². The van der Waals surface area contributed by atoms with Crippen LogP contribution < -0.4 is 4.74 Å². The molecule has 0 N–H and O–H groups in total. The summed E-state index contributed by atoms with van der Waals surface area (Å²) in [6.45, 7) is 5.98. The van der Waals surface area contributed by atoms with Crippen LogP contribution in [0.15, 0.2) is 65.7 Å². The van der Waals surface area contributed by atoms with Crippen molar-refractivity contribution in [3.8, 4) is 34.2 Å². The van der Waals surface area contributed by atoms with Crippen LogP contribution in [0.5, 0.6) is 5.75 Å². The maximum atomic E-state index is 13.0. The quantitative estimate of drug-likeness (QED) is 0.419. The SMILES string of the molecule is COc1ccc(-c2cc(-c3ccccc3)c(C#N)c(SCC(=O)N3C[C@@H](C)C[C@H](C)C3)n2)cc1. The molecule has 5 nitrogen and oxygen atoms in total. The molecule has 0 spiro atoms. The lowest BCUT2D eigenvalue weighted by atomic mass is 9.92. The van der Waals surface area contributed by atoms with E-state index in [9.17, 15) is 10.1 Å². The van der Waals surface area contributed by atoms with Gasteiger partial charge in [-0.15, -0.1) is 0 Å². The Morgan fingerprint density at radius 3 is 2.38 bits per heavy atom. The zero-order chi connectivity index (χ0) is 24.1. The first-order valence-electron chi connectivity index (χ1n) is 11.5. The van der Waals surface area contributed by atoms with Crippen molar-refractivity contribution in [2.75, 3.05) is 26.0 Å². The molecule has 4 rings (SSSR count). The lowest BCUT2D eigenvalue weighted by Gasteiger charge is -2.35. The van der Waals surface area contributed by atoms with Crippen molar-refractivity contribution in [2.24, 2.45) is 11.8 Å². The summed E-state index contributed by atoms with van der Waals surface area (Å²) >= 11 is 1.35. The number of aromatic nitrogens is 1. The van der Waals surface area contributed by atoms with Gasteiger partial charge >= 0.3 is 0 Å². The Hall–Kier alpha value is -3.30. The number of likely N-dealkylation sites (tertiary alicyclic amines) is 1. The highest BCUT2D eigenvalue weighted by Gasteiger charge is 2.26. The second kappa shape index (κ2) is 10.8. The van der Waals surface area contributed by atoms with Crippen molar-refractivity contribution >= 4 is 17.7 Å². The highest BCUT2D eigenvalue weighted by molar-refractivity contribution is 8.00. The van der Waals surface area contributed by atoms with Crippen LogP contribution in [0.3, 0.4) is 0 Å². The monoisotopic (exact) mass is 471 g/mol. The van der Waals surface area contributed by atoms with Crippen LogP contribution in [0.1, 0.15) is 25.8 Å². The summed E-state index contributed by atoms with van der Waals surface area (Å²) in [7, 11) is 1.64. The molecule has 1 saturated heterocycles. The molecule has 1 aliphatic rings. The zero-order valence-corrected chi connectivity index (χ0v) is 20.6. The maximum absolute atomic E-state index is 13.0. The Morgan fingerprint density at radius 2 is 1.76 bits per heavy atom. The molecule has 2 heterocycles. The number of benzene rings is 2. The molecule has 2 aromatic carbocycles. The van der Waals surface area contributed by atoms with E-state index in [2.05, 4.69) is 19.9 Å². The summed E-state index contributed by atoms with van der Waals surface area (Å²) in [4.78, 5) is 19.8. The number of thioether (sulfide) groups is 1. The van der Waals surface area contributed by atoms with Gasteiger partial charge in [0.25, 0.3) is 0 Å². The number of nitriles is 1. The largest absolute Gasteiger partial charge is 0.497 e. The standard InChI is InChI=1S/C28H29N3O2S/c1-19-13-20(2)17-31(16-19)27(32)18-34-28-25(15-29)24(21-7-5-4-6-8-21)14-26(30-28)22-9-11-23(33-3)12-10-22/h4-12,14,19-20H,13,16-18H2,1-3H3/t19-,20-/m0/s1. The van der Waals surface area contributed by atoms with E-state index in [4.69, 9.17) is 9.72 Å². The number of hydrogen-bond acceptors (Lipinski definition) is 5. The first-order valence-corrected chi connectivity index (χ1v) is 12.5. The molecule has 0 saturated carbocycles. The van der Waals surface area contributed by atoms with Crippen LogP contribution in [0, 0.1) is 23.2 Å². The lowest BCUT2D eigenvalue weighted by Crippen LogP contribution is -2.43. The Balaban J connectivity index is 1.68. The van der Waals surface area contributed by atoms with Gasteiger partial charge in [0.1, 0.15) is 16.8 Å². The molecular formula is C28H29N3O2S. The van der Waals surface area contributed by atoms with Crippen molar-refractivity contribution in [2.45, 2.75) is 25.3 Å². The van der Waals surface area contributed by atoms with E-state index < -0.39 is 0 Å². The Kier molecular flexibility index (Phi) is 7.54. The number of hydrogen-bond donors (Lipinski definition) is 0. The van der Waals surface area contributed by atoms with E-state index in [0.717, 1.165) is 47.6 Å². The smallest absolute Gasteiger partial charge is 0.233 e. The van der Waals surface area contributed by atoms with Crippen LogP contribution in [0.25, 0.3) is 22.4 Å². The van der Waals surface area contributed by atoms with Gasteiger partial charge in [-0.1, -0.05) is 55.9 Å². The molecule has 3 aromatic rings. The second-order valence-electron chi connectivity index (χ2n) is 8.97. The first kappa shape index (κ1) is 23.8. The molecule has 2 atom stereocenters. The lowest BCUT2D eigenvalue weighted by molar-refractivity contribution is -0.130. The van der Waals surface area contributed by atoms with Gasteiger partial charge in [-0.2, -0.15) is 5.26 Å². The number of nitrogens with zero attached hydrogens (tertiary/aromatic N) is 3. The highest BCUT2D eigenvalue weighted by atomic mass is 32.2. The molecule has 0 unspecified atom stereocenters. The fourth-order valence-electron chi connectivity index (χ4n) is 4.58. The third-order valence-electron chi connectivity index (χ3n) is 6.12. The average molecular weight is 472 g/mol. The Bertz CT molecular complexity index is 1180. The number of rotatable bonds is 6. The molecule has 1 aliphatic heterocycles. The fraction of sp³-hybridized carbons (Fsp3) is 0.321. The average Bonchev–Trinajstić information content (AvgIpc) is 2.86. The number of piperidine rings is 1. The van der Waals surface area contributed by atoms with E-state index in [1.807, 2.05) is 65.6 Å². The summed E-state index contributed by atoms with van der Waals surface area (Å²) < 4.78 is 5.29.